The molecule has 0 aliphatic rings. The van der Waals surface area contributed by atoms with Crippen molar-refractivity contribution < 1.29 is 9.53 Å². The molecule has 0 bridgehead atoms. The zero-order valence-corrected chi connectivity index (χ0v) is 12.8. The third-order valence-corrected chi connectivity index (χ3v) is 3.01. The van der Waals surface area contributed by atoms with Crippen molar-refractivity contribution in [2.75, 3.05) is 25.1 Å². The maximum absolute atomic E-state index is 11.9. The van der Waals surface area contributed by atoms with E-state index in [1.165, 1.54) is 0 Å². The first-order valence-electron chi connectivity index (χ1n) is 6.64. The van der Waals surface area contributed by atoms with Crippen LogP contribution in [0.25, 0.3) is 0 Å². The molecule has 110 valence electrons. The number of nitrogens with one attached hydrogen (secondary N) is 1. The Morgan fingerprint density at radius 3 is 2.50 bits per heavy atom. The summed E-state index contributed by atoms with van der Waals surface area (Å²) in [4.78, 5) is 13.8. The van der Waals surface area contributed by atoms with Crippen molar-refractivity contribution in [2.24, 2.45) is 5.10 Å². The van der Waals surface area contributed by atoms with E-state index in [9.17, 15) is 4.79 Å². The minimum Gasteiger partial charge on any atom is -0.460 e. The van der Waals surface area contributed by atoms with Gasteiger partial charge in [-0.25, -0.2) is 4.79 Å². The second-order valence-corrected chi connectivity index (χ2v) is 4.33. The highest BCUT2D eigenvalue weighted by molar-refractivity contribution is 6.35. The smallest absolute Gasteiger partial charge is 0.375 e. The number of nitrogens with zero attached hydrogens (tertiary/aromatic N) is 2. The van der Waals surface area contributed by atoms with Crippen LogP contribution < -0.4 is 5.43 Å². The first-order chi connectivity index (χ1) is 9.63. The summed E-state index contributed by atoms with van der Waals surface area (Å²) < 4.78 is 5.02. The van der Waals surface area contributed by atoms with Gasteiger partial charge in [0.05, 0.1) is 17.3 Å². The van der Waals surface area contributed by atoms with Gasteiger partial charge in [0.2, 0.25) is 5.84 Å². The van der Waals surface area contributed by atoms with Crippen LogP contribution in [0.1, 0.15) is 20.8 Å². The fourth-order valence-electron chi connectivity index (χ4n) is 1.63. The van der Waals surface area contributed by atoms with Gasteiger partial charge in [0, 0.05) is 13.1 Å². The lowest BCUT2D eigenvalue weighted by atomic mass is 10.3. The van der Waals surface area contributed by atoms with E-state index in [1.807, 2.05) is 30.9 Å². The first kappa shape index (κ1) is 16.3. The summed E-state index contributed by atoms with van der Waals surface area (Å²) in [5, 5.41) is 4.69. The Morgan fingerprint density at radius 1 is 1.30 bits per heavy atom. The van der Waals surface area contributed by atoms with Gasteiger partial charge >= 0.3 is 5.97 Å². The monoisotopic (exact) mass is 297 g/mol. The molecule has 0 spiro atoms. The van der Waals surface area contributed by atoms with Gasteiger partial charge in [0.15, 0.2) is 0 Å². The van der Waals surface area contributed by atoms with E-state index >= 15 is 0 Å². The van der Waals surface area contributed by atoms with Gasteiger partial charge in [-0.2, -0.15) is 0 Å². The molecule has 0 amide bonds. The second-order valence-electron chi connectivity index (χ2n) is 3.92. The molecule has 1 rings (SSSR count). The Kier molecular flexibility index (Phi) is 6.87. The highest BCUT2D eigenvalue weighted by Crippen LogP contribution is 2.20. The summed E-state index contributed by atoms with van der Waals surface area (Å²) in [7, 11) is 0. The minimum absolute atomic E-state index is 0.247. The maximum Gasteiger partial charge on any atom is 0.375 e. The molecule has 0 aliphatic carbocycles. The van der Waals surface area contributed by atoms with Crippen LogP contribution in [0.15, 0.2) is 29.4 Å². The first-order valence-corrected chi connectivity index (χ1v) is 7.02. The Hall–Kier alpha value is -1.75. The van der Waals surface area contributed by atoms with Crippen molar-refractivity contribution in [3.05, 3.63) is 29.3 Å². The van der Waals surface area contributed by atoms with E-state index < -0.39 is 5.97 Å². The lowest BCUT2D eigenvalue weighted by molar-refractivity contribution is -0.135. The van der Waals surface area contributed by atoms with Crippen molar-refractivity contribution >= 4 is 29.1 Å². The van der Waals surface area contributed by atoms with Crippen molar-refractivity contribution in [3.63, 3.8) is 0 Å². The Morgan fingerprint density at radius 2 is 1.95 bits per heavy atom. The fourth-order valence-corrected chi connectivity index (χ4v) is 1.81. The summed E-state index contributed by atoms with van der Waals surface area (Å²) in [6.07, 6.45) is 0. The summed E-state index contributed by atoms with van der Waals surface area (Å²) in [6.45, 7) is 7.31. The summed E-state index contributed by atoms with van der Waals surface area (Å²) in [5.74, 6) is -0.201. The molecule has 0 heterocycles. The van der Waals surface area contributed by atoms with E-state index in [2.05, 4.69) is 10.5 Å². The minimum atomic E-state index is -0.448. The van der Waals surface area contributed by atoms with Gasteiger partial charge in [0.1, 0.15) is 0 Å². The Balaban J connectivity index is 2.95. The van der Waals surface area contributed by atoms with E-state index in [1.54, 1.807) is 19.1 Å². The standard InChI is InChI=1S/C14H20ClN3O2/c1-4-18(5-2)13(14(19)20-6-3)17-16-12-10-8-7-9-11(12)15/h7-10,16H,4-6H2,1-3H3/b17-13+. The molecule has 0 aromatic heterocycles. The molecule has 1 N–H and O–H groups in total. The van der Waals surface area contributed by atoms with Crippen molar-refractivity contribution in [3.8, 4) is 0 Å². The number of para-hydroxylation sites is 1. The quantitative estimate of drug-likeness (QED) is 0.393. The Labute approximate surface area is 124 Å². The number of hydrazone groups is 1. The average molecular weight is 298 g/mol. The van der Waals surface area contributed by atoms with Gasteiger partial charge in [-0.1, -0.05) is 23.7 Å². The molecule has 6 heteroatoms. The lowest BCUT2D eigenvalue weighted by Crippen LogP contribution is -2.38. The van der Waals surface area contributed by atoms with Crippen molar-refractivity contribution in [1.29, 1.82) is 0 Å². The average Bonchev–Trinajstić information content (AvgIpc) is 2.45. The molecule has 5 nitrogen and oxygen atoms in total. The third-order valence-electron chi connectivity index (χ3n) is 2.68. The molecule has 0 fully saturated rings. The number of carbonyl (C=O) groups is 1. The van der Waals surface area contributed by atoms with Crippen LogP contribution in [-0.4, -0.2) is 36.4 Å². The number of benzene rings is 1. The number of rotatable bonds is 5. The molecule has 0 saturated carbocycles. The Bertz CT molecular complexity index is 473. The molecule has 0 radical (unpaired) electrons. The number of carbonyl (C=O) groups excluding carboxylic acids is 1. The van der Waals surface area contributed by atoms with Gasteiger partial charge in [-0.3, -0.25) is 5.43 Å². The van der Waals surface area contributed by atoms with Gasteiger partial charge < -0.3 is 9.64 Å². The largest absolute Gasteiger partial charge is 0.460 e. The lowest BCUT2D eigenvalue weighted by Gasteiger charge is -2.21. The molecule has 0 saturated heterocycles. The molecule has 0 atom stereocenters. The number of ether oxygens (including phenoxy) is 1. The van der Waals surface area contributed by atoms with Crippen LogP contribution in [-0.2, 0) is 9.53 Å². The molecule has 0 aliphatic heterocycles. The van der Waals surface area contributed by atoms with Gasteiger partial charge in [0.25, 0.3) is 0 Å². The van der Waals surface area contributed by atoms with Crippen LogP contribution in [0.2, 0.25) is 5.02 Å². The van der Waals surface area contributed by atoms with Crippen LogP contribution in [0, 0.1) is 0 Å². The second kappa shape index (κ2) is 8.43. The highest BCUT2D eigenvalue weighted by Gasteiger charge is 2.18. The van der Waals surface area contributed by atoms with Gasteiger partial charge in [-0.15, -0.1) is 5.10 Å². The van der Waals surface area contributed by atoms with Crippen molar-refractivity contribution in [2.45, 2.75) is 20.8 Å². The zero-order chi connectivity index (χ0) is 15.0. The number of esters is 1. The predicted octanol–water partition coefficient (Wildman–Crippen LogP) is 2.97. The van der Waals surface area contributed by atoms with E-state index in [-0.39, 0.29) is 5.84 Å². The number of hydrogen-bond acceptors (Lipinski definition) is 4. The molecule has 1 aromatic carbocycles. The SMILES string of the molecule is CCOC(=O)/C(=N\Nc1ccccc1Cl)N(CC)CC. The molecular weight excluding hydrogens is 278 g/mol. The predicted molar refractivity (Wildman–Crippen MR) is 82.1 cm³/mol. The number of anilines is 1. The van der Waals surface area contributed by atoms with Crippen LogP contribution in [0.4, 0.5) is 5.69 Å². The van der Waals surface area contributed by atoms with E-state index in [0.717, 1.165) is 0 Å². The van der Waals surface area contributed by atoms with E-state index in [0.29, 0.717) is 30.4 Å². The topological polar surface area (TPSA) is 53.9 Å². The number of hydrogen-bond donors (Lipinski definition) is 1. The van der Waals surface area contributed by atoms with Crippen molar-refractivity contribution in [1.82, 2.24) is 4.90 Å². The number of likely N-dealkylation sites (N-methyl/N-ethyl adjacent to an activating group) is 1. The fraction of sp³-hybridized carbons (Fsp3) is 0.429. The van der Waals surface area contributed by atoms with Crippen LogP contribution in [0.5, 0.6) is 0 Å². The molecule has 0 unspecified atom stereocenters. The zero-order valence-electron chi connectivity index (χ0n) is 12.0. The highest BCUT2D eigenvalue weighted by atomic mass is 35.5. The number of amidine groups is 1. The maximum atomic E-state index is 11.9. The number of halogens is 1. The molecule has 1 aromatic rings. The summed E-state index contributed by atoms with van der Waals surface area (Å²) in [5.41, 5.74) is 3.46. The molecule has 20 heavy (non-hydrogen) atoms. The summed E-state index contributed by atoms with van der Waals surface area (Å²) in [6, 6.07) is 7.21. The van der Waals surface area contributed by atoms with Crippen LogP contribution in [0.3, 0.4) is 0 Å². The van der Waals surface area contributed by atoms with E-state index in [4.69, 9.17) is 16.3 Å². The van der Waals surface area contributed by atoms with Gasteiger partial charge in [-0.05, 0) is 32.9 Å². The third kappa shape index (κ3) is 4.42. The van der Waals surface area contributed by atoms with Crippen LogP contribution >= 0.6 is 11.6 Å². The summed E-state index contributed by atoms with van der Waals surface area (Å²) >= 11 is 6.03. The molecular formula is C14H20ClN3O2. The normalized spacial score (nSPS) is 11.1.